The fourth-order valence-electron chi connectivity index (χ4n) is 2.44. The van der Waals surface area contributed by atoms with E-state index in [1.54, 1.807) is 11.8 Å². The van der Waals surface area contributed by atoms with Crippen molar-refractivity contribution in [2.24, 2.45) is 0 Å². The average molecular weight is 272 g/mol. The summed E-state index contributed by atoms with van der Waals surface area (Å²) in [4.78, 5) is 0. The molecule has 0 spiro atoms. The van der Waals surface area contributed by atoms with Gasteiger partial charge < -0.3 is 11.1 Å². The number of hydrogen-bond donors (Lipinski definition) is 2. The molecule has 100 valence electrons. The minimum absolute atomic E-state index is 0.112. The quantitative estimate of drug-likeness (QED) is 0.825. The van der Waals surface area contributed by atoms with E-state index in [2.05, 4.69) is 11.6 Å². The van der Waals surface area contributed by atoms with E-state index < -0.39 is 11.6 Å². The first-order chi connectivity index (χ1) is 8.63. The summed E-state index contributed by atoms with van der Waals surface area (Å²) < 4.78 is 26.9. The van der Waals surface area contributed by atoms with E-state index in [1.165, 1.54) is 12.5 Å². The van der Waals surface area contributed by atoms with Crippen molar-refractivity contribution in [3.63, 3.8) is 0 Å². The van der Waals surface area contributed by atoms with E-state index >= 15 is 0 Å². The standard InChI is InChI=1S/C13H18F2N2S/c1-18-11-5-3-2-4-10(11)17-13-9(16)7-6-8(14)12(13)15/h6-7,10-11,17H,2-5,16H2,1H3. The average Bonchev–Trinajstić information content (AvgIpc) is 2.39. The molecule has 2 rings (SSSR count). The molecule has 1 aliphatic rings. The zero-order valence-electron chi connectivity index (χ0n) is 10.4. The first kappa shape index (κ1) is 13.5. The summed E-state index contributed by atoms with van der Waals surface area (Å²) in [6.07, 6.45) is 6.45. The number of nitrogens with two attached hydrogens (primary N) is 1. The normalized spacial score (nSPS) is 23.9. The lowest BCUT2D eigenvalue weighted by Crippen LogP contribution is -2.34. The summed E-state index contributed by atoms with van der Waals surface area (Å²) in [5.41, 5.74) is 6.09. The van der Waals surface area contributed by atoms with Crippen LogP contribution >= 0.6 is 11.8 Å². The Kier molecular flexibility index (Phi) is 4.32. The maximum Gasteiger partial charge on any atom is 0.183 e. The van der Waals surface area contributed by atoms with Gasteiger partial charge in [0, 0.05) is 11.3 Å². The highest BCUT2D eigenvalue weighted by Gasteiger charge is 2.26. The molecule has 1 aliphatic carbocycles. The van der Waals surface area contributed by atoms with Gasteiger partial charge in [0.2, 0.25) is 0 Å². The van der Waals surface area contributed by atoms with Crippen LogP contribution in [0.4, 0.5) is 20.2 Å². The van der Waals surface area contributed by atoms with Gasteiger partial charge in [-0.2, -0.15) is 11.8 Å². The molecule has 1 fully saturated rings. The summed E-state index contributed by atoms with van der Waals surface area (Å²) in [7, 11) is 0. The van der Waals surface area contributed by atoms with Gasteiger partial charge in [-0.15, -0.1) is 0 Å². The Morgan fingerprint density at radius 1 is 1.28 bits per heavy atom. The van der Waals surface area contributed by atoms with Crippen molar-refractivity contribution >= 4 is 23.1 Å². The maximum atomic E-state index is 13.7. The Hall–Kier alpha value is -0.970. The van der Waals surface area contributed by atoms with E-state index in [4.69, 9.17) is 5.73 Å². The highest BCUT2D eigenvalue weighted by molar-refractivity contribution is 7.99. The monoisotopic (exact) mass is 272 g/mol. The molecule has 1 saturated carbocycles. The maximum absolute atomic E-state index is 13.7. The fraction of sp³-hybridized carbons (Fsp3) is 0.538. The van der Waals surface area contributed by atoms with Crippen molar-refractivity contribution in [3.8, 4) is 0 Å². The third kappa shape index (κ3) is 2.71. The number of benzene rings is 1. The van der Waals surface area contributed by atoms with Crippen LogP contribution in [0.15, 0.2) is 12.1 Å². The minimum atomic E-state index is -0.875. The Morgan fingerprint density at radius 3 is 2.72 bits per heavy atom. The smallest absolute Gasteiger partial charge is 0.183 e. The van der Waals surface area contributed by atoms with Crippen molar-refractivity contribution < 1.29 is 8.78 Å². The predicted molar refractivity (Wildman–Crippen MR) is 74.0 cm³/mol. The summed E-state index contributed by atoms with van der Waals surface area (Å²) in [6.45, 7) is 0. The second-order valence-corrected chi connectivity index (χ2v) is 5.71. The lowest BCUT2D eigenvalue weighted by molar-refractivity contribution is 0.468. The second kappa shape index (κ2) is 5.78. The summed E-state index contributed by atoms with van der Waals surface area (Å²) in [6, 6.07) is 2.62. The van der Waals surface area contributed by atoms with Gasteiger partial charge in [-0.3, -0.25) is 0 Å². The second-order valence-electron chi connectivity index (χ2n) is 4.64. The molecule has 2 atom stereocenters. The van der Waals surface area contributed by atoms with Crippen LogP contribution in [0.1, 0.15) is 25.7 Å². The summed E-state index contributed by atoms with van der Waals surface area (Å²) >= 11 is 1.77. The topological polar surface area (TPSA) is 38.0 Å². The first-order valence-corrected chi connectivity index (χ1v) is 7.45. The van der Waals surface area contributed by atoms with Crippen LogP contribution in [0.25, 0.3) is 0 Å². The zero-order valence-corrected chi connectivity index (χ0v) is 11.2. The van der Waals surface area contributed by atoms with Crippen molar-refractivity contribution in [2.45, 2.75) is 37.0 Å². The molecule has 0 bridgehead atoms. The predicted octanol–water partition coefficient (Wildman–Crippen LogP) is 3.63. The molecular formula is C13H18F2N2S. The number of nitrogens with one attached hydrogen (secondary N) is 1. The number of halogens is 2. The molecule has 0 saturated heterocycles. The molecule has 0 radical (unpaired) electrons. The Bertz CT molecular complexity index is 426. The van der Waals surface area contributed by atoms with Gasteiger partial charge in [0.25, 0.3) is 0 Å². The first-order valence-electron chi connectivity index (χ1n) is 6.16. The fourth-order valence-corrected chi connectivity index (χ4v) is 3.38. The van der Waals surface area contributed by atoms with E-state index in [-0.39, 0.29) is 17.4 Å². The number of nitrogen functional groups attached to an aromatic ring is 1. The summed E-state index contributed by atoms with van der Waals surface area (Å²) in [5, 5.41) is 3.53. The zero-order chi connectivity index (χ0) is 13.1. The molecule has 1 aromatic carbocycles. The van der Waals surface area contributed by atoms with E-state index in [1.807, 2.05) is 0 Å². The highest BCUT2D eigenvalue weighted by atomic mass is 32.2. The van der Waals surface area contributed by atoms with Crippen molar-refractivity contribution in [1.29, 1.82) is 0 Å². The molecule has 18 heavy (non-hydrogen) atoms. The van der Waals surface area contributed by atoms with Gasteiger partial charge in [0.15, 0.2) is 11.6 Å². The highest BCUT2D eigenvalue weighted by Crippen LogP contribution is 2.32. The Labute approximate surface area is 110 Å². The molecule has 0 aromatic heterocycles. The van der Waals surface area contributed by atoms with Crippen molar-refractivity contribution in [1.82, 2.24) is 0 Å². The third-order valence-corrected chi connectivity index (χ3v) is 4.63. The van der Waals surface area contributed by atoms with Crippen LogP contribution in [0.3, 0.4) is 0 Å². The number of rotatable bonds is 3. The van der Waals surface area contributed by atoms with Crippen molar-refractivity contribution in [3.05, 3.63) is 23.8 Å². The Balaban J connectivity index is 2.20. The van der Waals surface area contributed by atoms with Crippen LogP contribution in [0.5, 0.6) is 0 Å². The molecule has 1 aromatic rings. The van der Waals surface area contributed by atoms with Gasteiger partial charge in [0.05, 0.1) is 11.4 Å². The lowest BCUT2D eigenvalue weighted by Gasteiger charge is -2.32. The van der Waals surface area contributed by atoms with Gasteiger partial charge >= 0.3 is 0 Å². The van der Waals surface area contributed by atoms with Crippen molar-refractivity contribution in [2.75, 3.05) is 17.3 Å². The largest absolute Gasteiger partial charge is 0.397 e. The van der Waals surface area contributed by atoms with E-state index in [0.29, 0.717) is 5.25 Å². The Morgan fingerprint density at radius 2 is 2.00 bits per heavy atom. The van der Waals surface area contributed by atoms with Crippen LogP contribution in [-0.4, -0.2) is 17.5 Å². The lowest BCUT2D eigenvalue weighted by atomic mass is 9.94. The molecule has 2 nitrogen and oxygen atoms in total. The third-order valence-electron chi connectivity index (χ3n) is 3.46. The number of anilines is 2. The molecule has 0 aliphatic heterocycles. The van der Waals surface area contributed by atoms with Crippen LogP contribution in [-0.2, 0) is 0 Å². The molecule has 2 unspecified atom stereocenters. The van der Waals surface area contributed by atoms with Crippen LogP contribution in [0, 0.1) is 11.6 Å². The SMILES string of the molecule is CSC1CCCCC1Nc1c(N)ccc(F)c1F. The van der Waals surface area contributed by atoms with Gasteiger partial charge in [-0.25, -0.2) is 8.78 Å². The number of thioether (sulfide) groups is 1. The summed E-state index contributed by atoms with van der Waals surface area (Å²) in [5.74, 6) is -1.73. The minimum Gasteiger partial charge on any atom is -0.397 e. The molecular weight excluding hydrogens is 254 g/mol. The van der Waals surface area contributed by atoms with E-state index in [9.17, 15) is 8.78 Å². The molecule has 0 amide bonds. The van der Waals surface area contributed by atoms with Gasteiger partial charge in [-0.05, 0) is 31.2 Å². The molecule has 3 N–H and O–H groups in total. The molecule has 0 heterocycles. The van der Waals surface area contributed by atoms with Crippen LogP contribution < -0.4 is 11.1 Å². The molecule has 5 heteroatoms. The van der Waals surface area contributed by atoms with Crippen LogP contribution in [0.2, 0.25) is 0 Å². The number of hydrogen-bond acceptors (Lipinski definition) is 3. The van der Waals surface area contributed by atoms with E-state index in [0.717, 1.165) is 25.3 Å². The van der Waals surface area contributed by atoms with Gasteiger partial charge in [0.1, 0.15) is 0 Å². The van der Waals surface area contributed by atoms with Gasteiger partial charge in [-0.1, -0.05) is 12.8 Å².